The van der Waals surface area contributed by atoms with Crippen molar-refractivity contribution in [3.63, 3.8) is 0 Å². The van der Waals surface area contributed by atoms with E-state index in [-0.39, 0.29) is 11.9 Å². The second kappa shape index (κ2) is 8.45. The topological polar surface area (TPSA) is 42.0 Å². The lowest BCUT2D eigenvalue weighted by atomic mass is 9.72. The van der Waals surface area contributed by atoms with E-state index in [0.29, 0.717) is 16.9 Å². The monoisotopic (exact) mass is 426 g/mol. The van der Waals surface area contributed by atoms with Gasteiger partial charge in [0.05, 0.1) is 0 Å². The maximum atomic E-state index is 13.5. The third kappa shape index (κ3) is 4.06. The molecule has 0 aliphatic heterocycles. The molecule has 4 unspecified atom stereocenters. The van der Waals surface area contributed by atoms with Gasteiger partial charge in [-0.3, -0.25) is 4.79 Å². The lowest BCUT2D eigenvalue weighted by molar-refractivity contribution is 0.0840. The van der Waals surface area contributed by atoms with Crippen LogP contribution in [0.4, 0.5) is 0 Å². The van der Waals surface area contributed by atoms with Crippen molar-refractivity contribution >= 4 is 39.1 Å². The third-order valence-corrected chi connectivity index (χ3v) is 7.59. The molecule has 1 amide bonds. The number of hydrogen-bond donors (Lipinski definition) is 1. The van der Waals surface area contributed by atoms with Crippen molar-refractivity contribution in [1.29, 1.82) is 0 Å². The predicted octanol–water partition coefficient (Wildman–Crippen LogP) is 6.81. The molecule has 1 fully saturated rings. The fourth-order valence-corrected chi connectivity index (χ4v) is 6.09. The number of aromatic nitrogens is 1. The van der Waals surface area contributed by atoms with Gasteiger partial charge in [0.1, 0.15) is 9.71 Å². The van der Waals surface area contributed by atoms with E-state index in [1.54, 1.807) is 6.20 Å². The van der Waals surface area contributed by atoms with Crippen molar-refractivity contribution in [2.45, 2.75) is 46.1 Å². The Bertz CT molecular complexity index is 1010. The molecule has 29 heavy (non-hydrogen) atoms. The molecule has 4 rings (SSSR count). The van der Waals surface area contributed by atoms with Crippen LogP contribution in [0.25, 0.3) is 21.3 Å². The Morgan fingerprint density at radius 2 is 1.97 bits per heavy atom. The molecule has 0 radical (unpaired) electrons. The van der Waals surface area contributed by atoms with Crippen molar-refractivity contribution in [3.05, 3.63) is 52.5 Å². The molecule has 0 spiro atoms. The van der Waals surface area contributed by atoms with Gasteiger partial charge in [-0.25, -0.2) is 4.98 Å². The summed E-state index contributed by atoms with van der Waals surface area (Å²) in [5.41, 5.74) is 1.95. The largest absolute Gasteiger partial charge is 0.348 e. The number of halogens is 1. The summed E-state index contributed by atoms with van der Waals surface area (Å²) >= 11 is 7.57. The molecule has 1 saturated carbocycles. The normalized spacial score (nSPS) is 24.6. The number of carbonyl (C=O) groups is 1. The number of benzene rings is 1. The Balaban J connectivity index is 1.72. The molecule has 2 heterocycles. The summed E-state index contributed by atoms with van der Waals surface area (Å²) in [7, 11) is 0. The van der Waals surface area contributed by atoms with Gasteiger partial charge >= 0.3 is 0 Å². The van der Waals surface area contributed by atoms with E-state index in [4.69, 9.17) is 11.6 Å². The quantitative estimate of drug-likeness (QED) is 0.498. The van der Waals surface area contributed by atoms with E-state index in [1.165, 1.54) is 24.2 Å². The number of carbonyl (C=O) groups excluding carboxylic acids is 1. The van der Waals surface area contributed by atoms with Gasteiger partial charge in [0.15, 0.2) is 0 Å². The molecule has 152 valence electrons. The molecule has 3 aromatic rings. The lowest BCUT2D eigenvalue weighted by Crippen LogP contribution is -2.47. The maximum absolute atomic E-state index is 13.5. The summed E-state index contributed by atoms with van der Waals surface area (Å²) in [5, 5.41) is 5.11. The number of nitrogens with zero attached hydrogens (tertiary/aromatic N) is 1. The number of thiophene rings is 1. The van der Waals surface area contributed by atoms with Crippen LogP contribution in [0.15, 0.2) is 42.6 Å². The third-order valence-electron chi connectivity index (χ3n) is 6.23. The van der Waals surface area contributed by atoms with Crippen LogP contribution in [0.2, 0.25) is 5.02 Å². The van der Waals surface area contributed by atoms with E-state index in [2.05, 4.69) is 31.1 Å². The minimum absolute atomic E-state index is 0.0165. The van der Waals surface area contributed by atoms with Crippen LogP contribution in [0, 0.1) is 17.8 Å². The Kier molecular flexibility index (Phi) is 5.93. The minimum Gasteiger partial charge on any atom is -0.348 e. The highest BCUT2D eigenvalue weighted by atomic mass is 35.5. The van der Waals surface area contributed by atoms with Gasteiger partial charge in [-0.2, -0.15) is 0 Å². The molecule has 1 aliphatic rings. The standard InChI is InChI=1S/C24H27ClN2OS/c1-4-16-13-14(2)12-15(3)21(16)27-23(28)22-20(17-7-9-18(25)10-8-17)19-6-5-11-26-24(19)29-22/h5-11,14-16,21H,4,12-13H2,1-3H3,(H,27,28). The first kappa shape index (κ1) is 20.4. The van der Waals surface area contributed by atoms with E-state index in [0.717, 1.165) is 38.6 Å². The molecule has 1 N–H and O–H groups in total. The number of rotatable bonds is 4. The maximum Gasteiger partial charge on any atom is 0.262 e. The summed E-state index contributed by atoms with van der Waals surface area (Å²) in [6.07, 6.45) is 5.23. The van der Waals surface area contributed by atoms with Gasteiger partial charge < -0.3 is 5.32 Å². The first-order valence-corrected chi connectivity index (χ1v) is 11.6. The van der Waals surface area contributed by atoms with Crippen LogP contribution in [0.3, 0.4) is 0 Å². The van der Waals surface area contributed by atoms with E-state index >= 15 is 0 Å². The highest BCUT2D eigenvalue weighted by Gasteiger charge is 2.35. The highest BCUT2D eigenvalue weighted by molar-refractivity contribution is 7.21. The van der Waals surface area contributed by atoms with Crippen molar-refractivity contribution in [3.8, 4) is 11.1 Å². The Hall–Kier alpha value is -1.91. The summed E-state index contributed by atoms with van der Waals surface area (Å²) in [6, 6.07) is 11.9. The van der Waals surface area contributed by atoms with Crippen LogP contribution in [0.1, 0.15) is 49.7 Å². The first-order valence-electron chi connectivity index (χ1n) is 10.4. The van der Waals surface area contributed by atoms with E-state index in [9.17, 15) is 4.79 Å². The Morgan fingerprint density at radius 3 is 2.69 bits per heavy atom. The Labute approximate surface area is 181 Å². The van der Waals surface area contributed by atoms with Crippen LogP contribution in [-0.4, -0.2) is 16.9 Å². The summed E-state index contributed by atoms with van der Waals surface area (Å²) in [4.78, 5) is 19.6. The van der Waals surface area contributed by atoms with Crippen molar-refractivity contribution in [1.82, 2.24) is 10.3 Å². The lowest BCUT2D eigenvalue weighted by Gasteiger charge is -2.39. The Morgan fingerprint density at radius 1 is 1.21 bits per heavy atom. The van der Waals surface area contributed by atoms with Gasteiger partial charge in [-0.15, -0.1) is 11.3 Å². The van der Waals surface area contributed by atoms with Gasteiger partial charge in [-0.05, 0) is 60.4 Å². The molecule has 3 nitrogen and oxygen atoms in total. The second-order valence-electron chi connectivity index (χ2n) is 8.39. The minimum atomic E-state index is 0.0165. The summed E-state index contributed by atoms with van der Waals surface area (Å²) < 4.78 is 0. The van der Waals surface area contributed by atoms with Crippen molar-refractivity contribution in [2.75, 3.05) is 0 Å². The molecular weight excluding hydrogens is 400 g/mol. The first-order chi connectivity index (χ1) is 14.0. The molecular formula is C24H27ClN2OS. The number of fused-ring (bicyclic) bond motifs is 1. The average Bonchev–Trinajstić information content (AvgIpc) is 3.10. The number of hydrogen-bond acceptors (Lipinski definition) is 3. The predicted molar refractivity (Wildman–Crippen MR) is 123 cm³/mol. The van der Waals surface area contributed by atoms with Gasteiger partial charge in [-0.1, -0.05) is 50.9 Å². The highest BCUT2D eigenvalue weighted by Crippen LogP contribution is 2.39. The fraction of sp³-hybridized carbons (Fsp3) is 0.417. The smallest absolute Gasteiger partial charge is 0.262 e. The van der Waals surface area contributed by atoms with Gasteiger partial charge in [0.2, 0.25) is 0 Å². The molecule has 1 aromatic carbocycles. The molecule has 2 aromatic heterocycles. The van der Waals surface area contributed by atoms with E-state index in [1.807, 2.05) is 36.4 Å². The van der Waals surface area contributed by atoms with Crippen LogP contribution in [0.5, 0.6) is 0 Å². The van der Waals surface area contributed by atoms with Gasteiger partial charge in [0, 0.05) is 28.2 Å². The van der Waals surface area contributed by atoms with Gasteiger partial charge in [0.25, 0.3) is 5.91 Å². The second-order valence-corrected chi connectivity index (χ2v) is 9.83. The molecule has 5 heteroatoms. The SMILES string of the molecule is CCC1CC(C)CC(C)C1NC(=O)c1sc2ncccc2c1-c1ccc(Cl)cc1. The van der Waals surface area contributed by atoms with Crippen LogP contribution >= 0.6 is 22.9 Å². The summed E-state index contributed by atoms with van der Waals surface area (Å²) in [5.74, 6) is 1.76. The van der Waals surface area contributed by atoms with Crippen LogP contribution in [-0.2, 0) is 0 Å². The molecule has 4 atom stereocenters. The molecule has 1 aliphatic carbocycles. The molecule has 0 bridgehead atoms. The van der Waals surface area contributed by atoms with Crippen molar-refractivity contribution in [2.24, 2.45) is 17.8 Å². The number of nitrogens with one attached hydrogen (secondary N) is 1. The zero-order chi connectivity index (χ0) is 20.5. The average molecular weight is 427 g/mol. The van der Waals surface area contributed by atoms with E-state index < -0.39 is 0 Å². The zero-order valence-corrected chi connectivity index (χ0v) is 18.7. The number of pyridine rings is 1. The zero-order valence-electron chi connectivity index (χ0n) is 17.1. The summed E-state index contributed by atoms with van der Waals surface area (Å²) in [6.45, 7) is 6.83. The number of amides is 1. The fourth-order valence-electron chi connectivity index (χ4n) is 4.90. The van der Waals surface area contributed by atoms with Crippen molar-refractivity contribution < 1.29 is 4.79 Å². The van der Waals surface area contributed by atoms with Crippen LogP contribution < -0.4 is 5.32 Å². The molecule has 0 saturated heterocycles.